The second kappa shape index (κ2) is 9.89. The zero-order valence-electron chi connectivity index (χ0n) is 18.6. The lowest BCUT2D eigenvalue weighted by molar-refractivity contribution is -0.685. The van der Waals surface area contributed by atoms with Crippen LogP contribution < -0.4 is 36.6 Å². The van der Waals surface area contributed by atoms with Gasteiger partial charge in [-0.1, -0.05) is 65.6 Å². The molecule has 2 aromatic carbocycles. The van der Waals surface area contributed by atoms with Crippen molar-refractivity contribution in [1.82, 2.24) is 4.57 Å². The third-order valence-corrected chi connectivity index (χ3v) is 8.95. The summed E-state index contributed by atoms with van der Waals surface area (Å²) in [7, 11) is 2.06. The summed E-state index contributed by atoms with van der Waals surface area (Å²) >= 11 is 4.98. The maximum Gasteiger partial charge on any atom is 0.271 e. The van der Waals surface area contributed by atoms with Gasteiger partial charge in [-0.25, -0.2) is 0 Å². The van der Waals surface area contributed by atoms with E-state index in [1.54, 1.807) is 34.4 Å². The monoisotopic (exact) mass is 513 g/mol. The van der Waals surface area contributed by atoms with Crippen molar-refractivity contribution in [2.24, 2.45) is 0 Å². The van der Waals surface area contributed by atoms with Gasteiger partial charge >= 0.3 is 0 Å². The predicted molar refractivity (Wildman–Crippen MR) is 136 cm³/mol. The number of benzene rings is 2. The van der Waals surface area contributed by atoms with E-state index in [0.717, 1.165) is 25.8 Å². The number of rotatable bonds is 4. The lowest BCUT2D eigenvalue weighted by Gasteiger charge is -2.14. The van der Waals surface area contributed by atoms with Gasteiger partial charge in [-0.3, -0.25) is 9.36 Å². The van der Waals surface area contributed by atoms with Crippen molar-refractivity contribution in [3.05, 3.63) is 95.8 Å². The molecule has 1 aliphatic heterocycles. The minimum absolute atomic E-state index is 0. The first kappa shape index (κ1) is 23.8. The minimum Gasteiger partial charge on any atom is -1.00 e. The number of halogens is 1. The molecule has 0 saturated heterocycles. The van der Waals surface area contributed by atoms with Crippen LogP contribution in [0.25, 0.3) is 11.1 Å². The Hall–Kier alpha value is -2.32. The van der Waals surface area contributed by atoms with Crippen molar-refractivity contribution < 1.29 is 17.0 Å². The molecule has 0 N–H and O–H groups in total. The summed E-state index contributed by atoms with van der Waals surface area (Å²) < 4.78 is 5.94. The zero-order valence-corrected chi connectivity index (χ0v) is 21.8. The van der Waals surface area contributed by atoms with Crippen LogP contribution >= 0.6 is 34.4 Å². The van der Waals surface area contributed by atoms with Crippen molar-refractivity contribution in [2.45, 2.75) is 31.8 Å². The number of anilines is 1. The van der Waals surface area contributed by atoms with Gasteiger partial charge in [-0.2, -0.15) is 4.57 Å². The summed E-state index contributed by atoms with van der Waals surface area (Å²) in [6.45, 7) is 5.63. The lowest BCUT2D eigenvalue weighted by Crippen LogP contribution is -3.00. The van der Waals surface area contributed by atoms with Crippen LogP contribution in [-0.2, 0) is 13.1 Å². The Labute approximate surface area is 211 Å². The first-order valence-corrected chi connectivity index (χ1v) is 13.1. The Morgan fingerprint density at radius 3 is 2.61 bits per heavy atom. The van der Waals surface area contributed by atoms with Gasteiger partial charge in [0.2, 0.25) is 0 Å². The number of aryl methyl sites for hydroxylation is 1. The molecular weight excluding hydrogens is 490 g/mol. The molecular formula is C25H24ClN3OS3. The summed E-state index contributed by atoms with van der Waals surface area (Å²) in [4.78, 5) is 16.8. The van der Waals surface area contributed by atoms with Gasteiger partial charge in [0.05, 0.1) is 17.1 Å². The molecule has 0 amide bonds. The van der Waals surface area contributed by atoms with E-state index in [9.17, 15) is 4.79 Å². The second-order valence-electron chi connectivity index (χ2n) is 7.71. The Morgan fingerprint density at radius 2 is 1.88 bits per heavy atom. The van der Waals surface area contributed by atoms with E-state index in [2.05, 4.69) is 83.6 Å². The topological polar surface area (TPSA) is 29.1 Å². The lowest BCUT2D eigenvalue weighted by atomic mass is 10.2. The van der Waals surface area contributed by atoms with Gasteiger partial charge in [-0.15, -0.1) is 11.3 Å². The summed E-state index contributed by atoms with van der Waals surface area (Å²) in [5.41, 5.74) is 3.78. The van der Waals surface area contributed by atoms with Crippen LogP contribution in [0, 0.1) is 6.92 Å². The molecule has 0 spiro atoms. The van der Waals surface area contributed by atoms with Crippen LogP contribution in [0.3, 0.4) is 0 Å². The smallest absolute Gasteiger partial charge is 0.271 e. The highest BCUT2D eigenvalue weighted by atomic mass is 35.5. The Balaban J connectivity index is 0.00000259. The Bertz CT molecular complexity index is 1470. The molecule has 2 aromatic heterocycles. The molecule has 0 aliphatic carbocycles. The molecule has 170 valence electrons. The first-order chi connectivity index (χ1) is 15.6. The highest BCUT2D eigenvalue weighted by Gasteiger charge is 2.26. The van der Waals surface area contributed by atoms with Crippen LogP contribution in [0.2, 0.25) is 0 Å². The molecule has 3 heterocycles. The van der Waals surface area contributed by atoms with E-state index in [1.807, 2.05) is 17.6 Å². The third-order valence-electron chi connectivity index (χ3n) is 5.63. The van der Waals surface area contributed by atoms with E-state index in [-0.39, 0.29) is 18.0 Å². The number of hydrogen-bond donors (Lipinski definition) is 0. The van der Waals surface area contributed by atoms with Crippen LogP contribution in [0.4, 0.5) is 5.69 Å². The van der Waals surface area contributed by atoms with E-state index in [4.69, 9.17) is 0 Å². The van der Waals surface area contributed by atoms with E-state index < -0.39 is 0 Å². The maximum absolute atomic E-state index is 13.4. The van der Waals surface area contributed by atoms with Gasteiger partial charge in [0, 0.05) is 24.1 Å². The SMILES string of the molecule is CCn1c(=O)/c(=C2\Sc3cccc(C)c3N2C)s/c1=C\c1scc[n+]1Cc1ccccc1.[Cl-]. The van der Waals surface area contributed by atoms with Gasteiger partial charge in [0.25, 0.3) is 10.6 Å². The number of nitrogens with zero attached hydrogens (tertiary/aromatic N) is 3. The fourth-order valence-corrected chi connectivity index (χ4v) is 7.43. The van der Waals surface area contributed by atoms with Crippen molar-refractivity contribution in [1.29, 1.82) is 0 Å². The summed E-state index contributed by atoms with van der Waals surface area (Å²) in [6.07, 6.45) is 4.27. The van der Waals surface area contributed by atoms with E-state index in [0.29, 0.717) is 6.54 Å². The first-order valence-electron chi connectivity index (χ1n) is 10.5. The number of aromatic nitrogens is 2. The second-order valence-corrected chi connectivity index (χ2v) is 10.7. The van der Waals surface area contributed by atoms with Crippen molar-refractivity contribution in [3.63, 3.8) is 0 Å². The van der Waals surface area contributed by atoms with Gasteiger partial charge in [0.15, 0.2) is 12.7 Å². The number of hydrogen-bond acceptors (Lipinski definition) is 5. The average molecular weight is 514 g/mol. The number of fused-ring (bicyclic) bond motifs is 1. The Kier molecular flexibility index (Phi) is 7.14. The molecule has 5 rings (SSSR count). The van der Waals surface area contributed by atoms with Crippen LogP contribution in [0.5, 0.6) is 0 Å². The largest absolute Gasteiger partial charge is 1.00 e. The van der Waals surface area contributed by atoms with E-state index in [1.165, 1.54) is 21.7 Å². The quantitative estimate of drug-likeness (QED) is 0.378. The normalized spacial score (nSPS) is 15.0. The molecule has 0 radical (unpaired) electrons. The molecule has 33 heavy (non-hydrogen) atoms. The van der Waals surface area contributed by atoms with E-state index >= 15 is 0 Å². The molecule has 0 fully saturated rings. The molecule has 1 aliphatic rings. The molecule has 0 saturated carbocycles. The minimum atomic E-state index is 0. The van der Waals surface area contributed by atoms with Crippen LogP contribution in [0.15, 0.2) is 69.8 Å². The highest BCUT2D eigenvalue weighted by molar-refractivity contribution is 8.08. The van der Waals surface area contributed by atoms with Crippen LogP contribution in [0.1, 0.15) is 23.1 Å². The van der Waals surface area contributed by atoms with Gasteiger partial charge in [-0.05, 0) is 25.5 Å². The van der Waals surface area contributed by atoms with Gasteiger partial charge in [0.1, 0.15) is 14.2 Å². The molecule has 4 nitrogen and oxygen atoms in total. The standard InChI is InChI=1S/C25H24N3OS3.ClH/c1-4-28-21(15-20-27(13-14-30-20)16-18-10-6-5-7-11-18)32-23(24(28)29)25-26(3)22-17(2)9-8-12-19(22)31-25;/h5-15H,4,16H2,1-3H3;1H/q+1;/p-1/b25-23+;. The molecule has 0 bridgehead atoms. The molecule has 8 heteroatoms. The maximum atomic E-state index is 13.4. The van der Waals surface area contributed by atoms with Crippen molar-refractivity contribution in [2.75, 3.05) is 11.9 Å². The predicted octanol–water partition coefficient (Wildman–Crippen LogP) is 0.776. The fraction of sp³-hybridized carbons (Fsp3) is 0.200. The van der Waals surface area contributed by atoms with Gasteiger partial charge < -0.3 is 17.3 Å². The van der Waals surface area contributed by atoms with Crippen LogP contribution in [-0.4, -0.2) is 11.6 Å². The molecule has 0 atom stereocenters. The van der Waals surface area contributed by atoms with Crippen molar-refractivity contribution in [3.8, 4) is 0 Å². The highest BCUT2D eigenvalue weighted by Crippen LogP contribution is 2.46. The third kappa shape index (κ3) is 4.43. The molecule has 4 aromatic rings. The molecule has 0 unspecified atom stereocenters. The number of thioether (sulfide) groups is 1. The Morgan fingerprint density at radius 1 is 1.09 bits per heavy atom. The number of thiazole rings is 2. The average Bonchev–Trinajstić information content (AvgIpc) is 3.46. The summed E-state index contributed by atoms with van der Waals surface area (Å²) in [5.74, 6) is 0. The zero-order chi connectivity index (χ0) is 22.2. The van der Waals surface area contributed by atoms with Crippen molar-refractivity contribution >= 4 is 51.2 Å². The summed E-state index contributed by atoms with van der Waals surface area (Å²) in [5, 5.41) is 4.27. The fourth-order valence-electron chi connectivity index (χ4n) is 4.03. The number of para-hydroxylation sites is 1. The summed E-state index contributed by atoms with van der Waals surface area (Å²) in [6, 6.07) is 16.8.